The van der Waals surface area contributed by atoms with Crippen molar-refractivity contribution < 1.29 is 13.2 Å². The van der Waals surface area contributed by atoms with Crippen molar-refractivity contribution in [2.75, 3.05) is 18.9 Å². The third kappa shape index (κ3) is 3.23. The smallest absolute Gasteiger partial charge is 0.241 e. The first-order valence-electron chi connectivity index (χ1n) is 5.65. The average Bonchev–Trinajstić information content (AvgIpc) is 2.78. The minimum absolute atomic E-state index is 0.0210. The van der Waals surface area contributed by atoms with Crippen LogP contribution >= 0.6 is 15.9 Å². The van der Waals surface area contributed by atoms with Crippen LogP contribution in [-0.2, 0) is 14.8 Å². The highest BCUT2D eigenvalue weighted by Gasteiger charge is 2.21. The van der Waals surface area contributed by atoms with E-state index in [1.807, 2.05) is 0 Å². The van der Waals surface area contributed by atoms with Gasteiger partial charge in [0.2, 0.25) is 10.0 Å². The van der Waals surface area contributed by atoms with Crippen molar-refractivity contribution in [1.82, 2.24) is 4.72 Å². The van der Waals surface area contributed by atoms with E-state index in [2.05, 4.69) is 20.7 Å². The Kier molecular flexibility index (Phi) is 4.26. The Labute approximate surface area is 115 Å². The third-order valence-corrected chi connectivity index (χ3v) is 5.17. The van der Waals surface area contributed by atoms with Crippen molar-refractivity contribution in [3.63, 3.8) is 0 Å². The van der Waals surface area contributed by atoms with E-state index < -0.39 is 10.0 Å². The molecule has 3 N–H and O–H groups in total. The molecule has 100 valence electrons. The van der Waals surface area contributed by atoms with E-state index in [1.165, 1.54) is 6.07 Å². The summed E-state index contributed by atoms with van der Waals surface area (Å²) in [5.74, 6) is 0. The predicted molar refractivity (Wildman–Crippen MR) is 72.7 cm³/mol. The van der Waals surface area contributed by atoms with Crippen LogP contribution in [0.5, 0.6) is 0 Å². The Bertz CT molecular complexity index is 527. The standard InChI is InChI=1S/C11H15BrN2O3S/c12-10-6-8(13)3-4-11(10)18(15,16)14-7-9-2-1-5-17-9/h3-4,6,9,14H,1-2,5,7,13H2. The molecule has 5 nitrogen and oxygen atoms in total. The number of rotatable bonds is 4. The van der Waals surface area contributed by atoms with Gasteiger partial charge >= 0.3 is 0 Å². The highest BCUT2D eigenvalue weighted by atomic mass is 79.9. The van der Waals surface area contributed by atoms with E-state index in [0.717, 1.165) is 12.8 Å². The van der Waals surface area contributed by atoms with E-state index >= 15 is 0 Å². The van der Waals surface area contributed by atoms with Crippen LogP contribution in [-0.4, -0.2) is 27.7 Å². The lowest BCUT2D eigenvalue weighted by Gasteiger charge is -2.12. The molecule has 0 saturated carbocycles. The number of nitrogens with two attached hydrogens (primary N) is 1. The summed E-state index contributed by atoms with van der Waals surface area (Å²) in [6.45, 7) is 1.01. The molecule has 0 aromatic heterocycles. The number of halogens is 1. The second kappa shape index (κ2) is 5.56. The third-order valence-electron chi connectivity index (χ3n) is 2.77. The van der Waals surface area contributed by atoms with Gasteiger partial charge in [-0.2, -0.15) is 0 Å². The summed E-state index contributed by atoms with van der Waals surface area (Å²) in [4.78, 5) is 0.190. The summed E-state index contributed by atoms with van der Waals surface area (Å²) in [6, 6.07) is 4.61. The maximum absolute atomic E-state index is 12.1. The first kappa shape index (κ1) is 13.8. The molecular formula is C11H15BrN2O3S. The van der Waals surface area contributed by atoms with Gasteiger partial charge in [-0.3, -0.25) is 0 Å². The lowest BCUT2D eigenvalue weighted by atomic mass is 10.2. The largest absolute Gasteiger partial charge is 0.399 e. The van der Waals surface area contributed by atoms with Gasteiger partial charge in [0.25, 0.3) is 0 Å². The number of ether oxygens (including phenoxy) is 1. The highest BCUT2D eigenvalue weighted by Crippen LogP contribution is 2.24. The maximum Gasteiger partial charge on any atom is 0.241 e. The summed E-state index contributed by atoms with van der Waals surface area (Å²) in [6.07, 6.45) is 1.86. The molecule has 0 bridgehead atoms. The molecule has 1 aromatic rings. The zero-order chi connectivity index (χ0) is 13.2. The summed E-state index contributed by atoms with van der Waals surface area (Å²) in [5.41, 5.74) is 6.09. The van der Waals surface area contributed by atoms with Gasteiger partial charge in [-0.15, -0.1) is 0 Å². The fraction of sp³-hybridized carbons (Fsp3) is 0.455. The van der Waals surface area contributed by atoms with Crippen LogP contribution in [0.15, 0.2) is 27.6 Å². The van der Waals surface area contributed by atoms with Crippen molar-refractivity contribution in [3.8, 4) is 0 Å². The molecule has 1 heterocycles. The number of hydrogen-bond acceptors (Lipinski definition) is 4. The van der Waals surface area contributed by atoms with Crippen LogP contribution < -0.4 is 10.5 Å². The number of hydrogen-bond donors (Lipinski definition) is 2. The maximum atomic E-state index is 12.1. The number of benzene rings is 1. The molecule has 1 aliphatic rings. The Morgan fingerprint density at radius 3 is 2.89 bits per heavy atom. The quantitative estimate of drug-likeness (QED) is 0.817. The Morgan fingerprint density at radius 1 is 1.50 bits per heavy atom. The monoisotopic (exact) mass is 334 g/mol. The second-order valence-electron chi connectivity index (χ2n) is 4.18. The molecule has 18 heavy (non-hydrogen) atoms. The van der Waals surface area contributed by atoms with Crippen molar-refractivity contribution in [1.29, 1.82) is 0 Å². The van der Waals surface area contributed by atoms with E-state index in [-0.39, 0.29) is 11.0 Å². The molecule has 0 radical (unpaired) electrons. The number of nitrogens with one attached hydrogen (secondary N) is 1. The molecule has 7 heteroatoms. The van der Waals surface area contributed by atoms with Crippen molar-refractivity contribution in [2.45, 2.75) is 23.8 Å². The highest BCUT2D eigenvalue weighted by molar-refractivity contribution is 9.10. The van der Waals surface area contributed by atoms with Gasteiger partial charge in [-0.1, -0.05) is 0 Å². The molecular weight excluding hydrogens is 320 g/mol. The van der Waals surface area contributed by atoms with Gasteiger partial charge in [0.05, 0.1) is 11.0 Å². The van der Waals surface area contributed by atoms with Gasteiger partial charge in [0, 0.05) is 23.3 Å². The van der Waals surface area contributed by atoms with Crippen molar-refractivity contribution in [3.05, 3.63) is 22.7 Å². The van der Waals surface area contributed by atoms with E-state index in [9.17, 15) is 8.42 Å². The molecule has 1 atom stereocenters. The molecule has 1 fully saturated rings. The van der Waals surface area contributed by atoms with E-state index in [0.29, 0.717) is 23.3 Å². The first-order chi connectivity index (χ1) is 8.49. The second-order valence-corrected chi connectivity index (χ2v) is 6.77. The predicted octanol–water partition coefficient (Wildman–Crippen LogP) is 1.49. The molecule has 0 spiro atoms. The zero-order valence-corrected chi connectivity index (χ0v) is 12.1. The molecule has 2 rings (SSSR count). The lowest BCUT2D eigenvalue weighted by Crippen LogP contribution is -2.32. The van der Waals surface area contributed by atoms with Gasteiger partial charge in [0.15, 0.2) is 0 Å². The molecule has 1 unspecified atom stereocenters. The minimum atomic E-state index is -3.53. The Hall–Kier alpha value is -0.630. The fourth-order valence-corrected chi connectivity index (χ4v) is 3.98. The Morgan fingerprint density at radius 2 is 2.28 bits per heavy atom. The van der Waals surface area contributed by atoms with Crippen LogP contribution in [0.2, 0.25) is 0 Å². The zero-order valence-electron chi connectivity index (χ0n) is 9.73. The first-order valence-corrected chi connectivity index (χ1v) is 7.93. The normalized spacial score (nSPS) is 20.2. The van der Waals surface area contributed by atoms with Crippen LogP contribution in [0, 0.1) is 0 Å². The Balaban J connectivity index is 2.09. The van der Waals surface area contributed by atoms with Gasteiger partial charge in [-0.25, -0.2) is 13.1 Å². The minimum Gasteiger partial charge on any atom is -0.399 e. The van der Waals surface area contributed by atoms with Gasteiger partial charge in [-0.05, 0) is 47.0 Å². The number of anilines is 1. The van der Waals surface area contributed by atoms with Crippen LogP contribution in [0.3, 0.4) is 0 Å². The van der Waals surface area contributed by atoms with Crippen LogP contribution in [0.1, 0.15) is 12.8 Å². The average molecular weight is 335 g/mol. The lowest BCUT2D eigenvalue weighted by molar-refractivity contribution is 0.114. The summed E-state index contributed by atoms with van der Waals surface area (Å²) in [7, 11) is -3.53. The molecule has 1 aromatic carbocycles. The fourth-order valence-electron chi connectivity index (χ4n) is 1.82. The molecule has 1 aliphatic heterocycles. The van der Waals surface area contributed by atoms with Crippen molar-refractivity contribution in [2.24, 2.45) is 0 Å². The molecule has 1 saturated heterocycles. The summed E-state index contributed by atoms with van der Waals surface area (Å²) in [5, 5.41) is 0. The van der Waals surface area contributed by atoms with Crippen LogP contribution in [0.25, 0.3) is 0 Å². The van der Waals surface area contributed by atoms with E-state index in [1.54, 1.807) is 12.1 Å². The summed E-state index contributed by atoms with van der Waals surface area (Å²) < 4.78 is 32.6. The van der Waals surface area contributed by atoms with E-state index in [4.69, 9.17) is 10.5 Å². The number of sulfonamides is 1. The van der Waals surface area contributed by atoms with Crippen molar-refractivity contribution >= 4 is 31.6 Å². The molecule has 0 aliphatic carbocycles. The molecule has 0 amide bonds. The van der Waals surface area contributed by atoms with Crippen LogP contribution in [0.4, 0.5) is 5.69 Å². The summed E-state index contributed by atoms with van der Waals surface area (Å²) >= 11 is 3.21. The SMILES string of the molecule is Nc1ccc(S(=O)(=O)NCC2CCCO2)c(Br)c1. The number of nitrogen functional groups attached to an aromatic ring is 1. The topological polar surface area (TPSA) is 81.4 Å². The van der Waals surface area contributed by atoms with Gasteiger partial charge < -0.3 is 10.5 Å². The van der Waals surface area contributed by atoms with Gasteiger partial charge in [0.1, 0.15) is 0 Å².